The van der Waals surface area contributed by atoms with E-state index in [0.717, 1.165) is 24.8 Å². The molecule has 1 unspecified atom stereocenters. The molecule has 0 saturated heterocycles. The SMILES string of the molecule is CNC(CCc1ccccc1)Cc1cccc(F)c1Br. The normalized spacial score (nSPS) is 12.3. The summed E-state index contributed by atoms with van der Waals surface area (Å²) in [5, 5.41) is 3.32. The first kappa shape index (κ1) is 15.2. The van der Waals surface area contributed by atoms with Crippen molar-refractivity contribution in [3.05, 3.63) is 69.9 Å². The van der Waals surface area contributed by atoms with Crippen LogP contribution in [0.15, 0.2) is 53.0 Å². The number of rotatable bonds is 6. The first-order valence-corrected chi connectivity index (χ1v) is 7.64. The Morgan fingerprint density at radius 2 is 1.85 bits per heavy atom. The molecule has 0 aliphatic carbocycles. The molecule has 1 atom stereocenters. The molecule has 2 aromatic carbocycles. The molecule has 0 spiro atoms. The minimum Gasteiger partial charge on any atom is -0.317 e. The highest BCUT2D eigenvalue weighted by Crippen LogP contribution is 2.22. The monoisotopic (exact) mass is 335 g/mol. The Labute approximate surface area is 128 Å². The van der Waals surface area contributed by atoms with Gasteiger partial charge in [0.05, 0.1) is 4.47 Å². The molecule has 0 aliphatic rings. The summed E-state index contributed by atoms with van der Waals surface area (Å²) in [5.74, 6) is -0.194. The van der Waals surface area contributed by atoms with Gasteiger partial charge in [-0.3, -0.25) is 0 Å². The van der Waals surface area contributed by atoms with Gasteiger partial charge in [-0.15, -0.1) is 0 Å². The zero-order valence-electron chi connectivity index (χ0n) is 11.6. The number of aryl methyl sites for hydroxylation is 1. The van der Waals surface area contributed by atoms with Crippen LogP contribution in [0.2, 0.25) is 0 Å². The van der Waals surface area contributed by atoms with Crippen molar-refractivity contribution in [3.63, 3.8) is 0 Å². The molecule has 3 heteroatoms. The maximum atomic E-state index is 13.5. The Kier molecular flexibility index (Phi) is 5.74. The van der Waals surface area contributed by atoms with Gasteiger partial charge in [0.25, 0.3) is 0 Å². The zero-order valence-corrected chi connectivity index (χ0v) is 13.2. The predicted molar refractivity (Wildman–Crippen MR) is 85.4 cm³/mol. The molecule has 2 rings (SSSR count). The van der Waals surface area contributed by atoms with Gasteiger partial charge in [-0.05, 0) is 59.4 Å². The first-order chi connectivity index (χ1) is 9.70. The molecule has 0 radical (unpaired) electrons. The van der Waals surface area contributed by atoms with Gasteiger partial charge in [0.2, 0.25) is 0 Å². The smallest absolute Gasteiger partial charge is 0.137 e. The van der Waals surface area contributed by atoms with Crippen molar-refractivity contribution in [2.45, 2.75) is 25.3 Å². The van der Waals surface area contributed by atoms with Crippen LogP contribution in [0.1, 0.15) is 17.5 Å². The number of likely N-dealkylation sites (N-methyl/N-ethyl adjacent to an activating group) is 1. The highest BCUT2D eigenvalue weighted by atomic mass is 79.9. The molecule has 1 N–H and O–H groups in total. The van der Waals surface area contributed by atoms with E-state index < -0.39 is 0 Å². The molecule has 0 saturated carbocycles. The summed E-state index contributed by atoms with van der Waals surface area (Å²) >= 11 is 3.33. The van der Waals surface area contributed by atoms with Gasteiger partial charge in [-0.1, -0.05) is 42.5 Å². The summed E-state index contributed by atoms with van der Waals surface area (Å²) < 4.78 is 14.1. The first-order valence-electron chi connectivity index (χ1n) is 6.84. The lowest BCUT2D eigenvalue weighted by Crippen LogP contribution is -2.28. The molecule has 106 valence electrons. The average molecular weight is 336 g/mol. The lowest BCUT2D eigenvalue weighted by molar-refractivity contribution is 0.517. The van der Waals surface area contributed by atoms with Crippen molar-refractivity contribution in [2.75, 3.05) is 7.05 Å². The molecule has 2 aromatic rings. The third-order valence-corrected chi connectivity index (χ3v) is 4.42. The summed E-state index contributed by atoms with van der Waals surface area (Å²) in [5.41, 5.74) is 2.35. The van der Waals surface area contributed by atoms with Gasteiger partial charge in [-0.2, -0.15) is 0 Å². The van der Waals surface area contributed by atoms with Crippen LogP contribution < -0.4 is 5.32 Å². The Bertz CT molecular complexity index is 542. The van der Waals surface area contributed by atoms with Crippen molar-refractivity contribution in [2.24, 2.45) is 0 Å². The Balaban J connectivity index is 1.97. The Hall–Kier alpha value is -1.19. The predicted octanol–water partition coefficient (Wildman–Crippen LogP) is 4.35. The minimum atomic E-state index is -0.194. The van der Waals surface area contributed by atoms with Crippen LogP contribution >= 0.6 is 15.9 Å². The Morgan fingerprint density at radius 3 is 2.55 bits per heavy atom. The molecule has 0 heterocycles. The van der Waals surface area contributed by atoms with Crippen LogP contribution in [-0.2, 0) is 12.8 Å². The van der Waals surface area contributed by atoms with Crippen LogP contribution in [0.25, 0.3) is 0 Å². The van der Waals surface area contributed by atoms with Crippen LogP contribution in [0.5, 0.6) is 0 Å². The van der Waals surface area contributed by atoms with E-state index >= 15 is 0 Å². The van der Waals surface area contributed by atoms with Crippen LogP contribution in [-0.4, -0.2) is 13.1 Å². The van der Waals surface area contributed by atoms with E-state index in [1.54, 1.807) is 6.07 Å². The van der Waals surface area contributed by atoms with Crippen molar-refractivity contribution in [1.29, 1.82) is 0 Å². The topological polar surface area (TPSA) is 12.0 Å². The highest BCUT2D eigenvalue weighted by molar-refractivity contribution is 9.10. The summed E-state index contributed by atoms with van der Waals surface area (Å²) in [4.78, 5) is 0. The molecule has 0 fully saturated rings. The van der Waals surface area contributed by atoms with Crippen LogP contribution in [0.4, 0.5) is 4.39 Å². The highest BCUT2D eigenvalue weighted by Gasteiger charge is 2.11. The average Bonchev–Trinajstić information content (AvgIpc) is 2.49. The summed E-state index contributed by atoms with van der Waals surface area (Å²) in [6.45, 7) is 0. The zero-order chi connectivity index (χ0) is 14.4. The number of benzene rings is 2. The molecule has 0 aromatic heterocycles. The van der Waals surface area contributed by atoms with Gasteiger partial charge in [0.1, 0.15) is 5.82 Å². The number of nitrogens with one attached hydrogen (secondary N) is 1. The molecule has 20 heavy (non-hydrogen) atoms. The second kappa shape index (κ2) is 7.55. The third kappa shape index (κ3) is 4.15. The number of halogens is 2. The second-order valence-electron chi connectivity index (χ2n) is 4.93. The lowest BCUT2D eigenvalue weighted by Gasteiger charge is -2.17. The maximum Gasteiger partial charge on any atom is 0.137 e. The van der Waals surface area contributed by atoms with E-state index in [1.807, 2.05) is 19.2 Å². The molecule has 1 nitrogen and oxygen atoms in total. The fourth-order valence-corrected chi connectivity index (χ4v) is 2.73. The Morgan fingerprint density at radius 1 is 1.10 bits per heavy atom. The van der Waals surface area contributed by atoms with E-state index in [9.17, 15) is 4.39 Å². The van der Waals surface area contributed by atoms with E-state index in [-0.39, 0.29) is 5.82 Å². The summed E-state index contributed by atoms with van der Waals surface area (Å²) in [6.07, 6.45) is 2.88. The fourth-order valence-electron chi connectivity index (χ4n) is 2.31. The van der Waals surface area contributed by atoms with Gasteiger partial charge in [0.15, 0.2) is 0 Å². The van der Waals surface area contributed by atoms with E-state index in [4.69, 9.17) is 0 Å². The third-order valence-electron chi connectivity index (χ3n) is 3.53. The molecular weight excluding hydrogens is 317 g/mol. The molecular formula is C17H19BrFN. The molecule has 0 bridgehead atoms. The quantitative estimate of drug-likeness (QED) is 0.827. The van der Waals surface area contributed by atoms with Gasteiger partial charge < -0.3 is 5.32 Å². The summed E-state index contributed by atoms with van der Waals surface area (Å²) in [7, 11) is 1.96. The second-order valence-corrected chi connectivity index (χ2v) is 5.72. The van der Waals surface area contributed by atoms with E-state index in [0.29, 0.717) is 10.5 Å². The van der Waals surface area contributed by atoms with Crippen molar-refractivity contribution < 1.29 is 4.39 Å². The minimum absolute atomic E-state index is 0.194. The van der Waals surface area contributed by atoms with Crippen molar-refractivity contribution in [1.82, 2.24) is 5.32 Å². The van der Waals surface area contributed by atoms with Crippen LogP contribution in [0.3, 0.4) is 0 Å². The van der Waals surface area contributed by atoms with Gasteiger partial charge in [0, 0.05) is 6.04 Å². The fraction of sp³-hybridized carbons (Fsp3) is 0.294. The number of hydrogen-bond donors (Lipinski definition) is 1. The van der Waals surface area contributed by atoms with Crippen molar-refractivity contribution in [3.8, 4) is 0 Å². The van der Waals surface area contributed by atoms with Gasteiger partial charge in [-0.25, -0.2) is 4.39 Å². The van der Waals surface area contributed by atoms with Crippen molar-refractivity contribution >= 4 is 15.9 Å². The van der Waals surface area contributed by atoms with Gasteiger partial charge >= 0.3 is 0 Å². The van der Waals surface area contributed by atoms with E-state index in [2.05, 4.69) is 45.5 Å². The summed E-state index contributed by atoms with van der Waals surface area (Å²) in [6, 6.07) is 16.0. The molecule has 0 amide bonds. The largest absolute Gasteiger partial charge is 0.317 e. The maximum absolute atomic E-state index is 13.5. The number of hydrogen-bond acceptors (Lipinski definition) is 1. The molecule has 0 aliphatic heterocycles. The standard InChI is InChI=1S/C17H19BrFN/c1-20-15(11-10-13-6-3-2-4-7-13)12-14-8-5-9-16(19)17(14)18/h2-9,15,20H,10-12H2,1H3. The lowest BCUT2D eigenvalue weighted by atomic mass is 9.99. The van der Waals surface area contributed by atoms with Crippen LogP contribution in [0, 0.1) is 5.82 Å². The van der Waals surface area contributed by atoms with E-state index in [1.165, 1.54) is 11.6 Å².